The fraction of sp³-hybridized carbons (Fsp3) is 0.436. The van der Waals surface area contributed by atoms with Crippen molar-refractivity contribution in [2.24, 2.45) is 11.7 Å². The molecule has 0 spiro atoms. The summed E-state index contributed by atoms with van der Waals surface area (Å²) in [5.74, 6) is -0.777. The zero-order valence-corrected chi connectivity index (χ0v) is 33.0. The quantitative estimate of drug-likeness (QED) is 0.117. The summed E-state index contributed by atoms with van der Waals surface area (Å²) < 4.78 is 37.3. The molecule has 0 unspecified atom stereocenters. The van der Waals surface area contributed by atoms with E-state index in [4.69, 9.17) is 50.0 Å². The highest BCUT2D eigenvalue weighted by Crippen LogP contribution is 2.28. The molecule has 4 aromatic rings. The van der Waals surface area contributed by atoms with E-state index >= 15 is 0 Å². The predicted molar refractivity (Wildman–Crippen MR) is 208 cm³/mol. The molecule has 2 fully saturated rings. The van der Waals surface area contributed by atoms with Gasteiger partial charge in [-0.05, 0) is 105 Å². The van der Waals surface area contributed by atoms with Crippen molar-refractivity contribution in [3.8, 4) is 0 Å². The number of benzene rings is 2. The number of nitrogens with two attached hydrogens (primary N) is 1. The number of rotatable bonds is 8. The number of aromatic nitrogens is 4. The molecule has 0 bridgehead atoms. The highest BCUT2D eigenvalue weighted by molar-refractivity contribution is 6.31. The first kappa shape index (κ1) is 43.6. The maximum Gasteiger partial charge on any atom is 0.407 e. The number of amides is 2. The van der Waals surface area contributed by atoms with Crippen LogP contribution >= 0.6 is 34.8 Å². The second-order valence-corrected chi connectivity index (χ2v) is 14.5. The number of carbonyl (C=O) groups excluding carboxylic acids is 2. The topological polar surface area (TPSA) is 154 Å². The minimum atomic E-state index is -0.619. The Morgan fingerprint density at radius 2 is 1.20 bits per heavy atom. The molecule has 296 valence electrons. The van der Waals surface area contributed by atoms with Gasteiger partial charge < -0.3 is 25.8 Å². The monoisotopic (exact) mass is 819 g/mol. The van der Waals surface area contributed by atoms with Crippen molar-refractivity contribution >= 4 is 47.0 Å². The number of carbonyl (C=O) groups is 2. The van der Waals surface area contributed by atoms with Gasteiger partial charge in [-0.25, -0.2) is 38.3 Å². The molecule has 0 radical (unpaired) electrons. The van der Waals surface area contributed by atoms with Crippen LogP contribution in [0, 0.1) is 31.4 Å². The average Bonchev–Trinajstić information content (AvgIpc) is 3.16. The molecule has 6 rings (SSSR count). The molecule has 0 aliphatic heterocycles. The van der Waals surface area contributed by atoms with E-state index in [9.17, 15) is 18.4 Å². The van der Waals surface area contributed by atoms with Gasteiger partial charge in [0.05, 0.1) is 17.1 Å². The normalized spacial score (nSPS) is 19.1. The van der Waals surface area contributed by atoms with Gasteiger partial charge in [-0.3, -0.25) is 0 Å². The zero-order chi connectivity index (χ0) is 39.7. The summed E-state index contributed by atoms with van der Waals surface area (Å²) >= 11 is 16.5. The minimum absolute atomic E-state index is 0.0218. The Morgan fingerprint density at radius 1 is 0.709 bits per heavy atom. The Labute approximate surface area is 335 Å². The highest BCUT2D eigenvalue weighted by atomic mass is 35.5. The molecule has 11 nitrogen and oxygen atoms in total. The van der Waals surface area contributed by atoms with Gasteiger partial charge in [-0.2, -0.15) is 0 Å². The summed E-state index contributed by atoms with van der Waals surface area (Å²) in [6.45, 7) is 3.60. The summed E-state index contributed by atoms with van der Waals surface area (Å²) in [5, 5.41) is 5.60. The Morgan fingerprint density at radius 3 is 1.73 bits per heavy atom. The summed E-state index contributed by atoms with van der Waals surface area (Å²) in [4.78, 5) is 38.5. The van der Waals surface area contributed by atoms with E-state index in [-0.39, 0.29) is 63.9 Å². The largest absolute Gasteiger partial charge is 0.445 e. The third kappa shape index (κ3) is 15.5. The van der Waals surface area contributed by atoms with Crippen LogP contribution in [0.2, 0.25) is 15.7 Å². The lowest BCUT2D eigenvalue weighted by Crippen LogP contribution is -2.42. The zero-order valence-electron chi connectivity index (χ0n) is 30.8. The van der Waals surface area contributed by atoms with Crippen LogP contribution in [0.3, 0.4) is 0 Å². The lowest BCUT2D eigenvalue weighted by molar-refractivity contribution is 0.130. The number of aryl methyl sites for hydroxylation is 2. The van der Waals surface area contributed by atoms with Crippen molar-refractivity contribution in [3.63, 3.8) is 0 Å². The number of alkyl carbamates (subject to hydrolysis) is 2. The Bertz CT molecular complexity index is 1810. The van der Waals surface area contributed by atoms with Crippen molar-refractivity contribution in [3.05, 3.63) is 116 Å². The lowest BCUT2D eigenvalue weighted by atomic mass is 9.83. The van der Waals surface area contributed by atoms with Crippen LogP contribution < -0.4 is 16.4 Å². The maximum atomic E-state index is 14.2. The van der Waals surface area contributed by atoms with Crippen molar-refractivity contribution < 1.29 is 27.8 Å². The average molecular weight is 821 g/mol. The molecule has 2 aliphatic carbocycles. The lowest BCUT2D eigenvalue weighted by Gasteiger charge is -2.29. The van der Waals surface area contributed by atoms with Gasteiger partial charge in [0, 0.05) is 18.1 Å². The third-order valence-electron chi connectivity index (χ3n) is 9.06. The van der Waals surface area contributed by atoms with Gasteiger partial charge in [0.1, 0.15) is 13.2 Å². The smallest absolute Gasteiger partial charge is 0.407 e. The van der Waals surface area contributed by atoms with Crippen LogP contribution in [0.25, 0.3) is 0 Å². The van der Waals surface area contributed by atoms with Crippen LogP contribution in [-0.4, -0.2) is 50.2 Å². The molecule has 2 saturated carbocycles. The van der Waals surface area contributed by atoms with Crippen LogP contribution in [0.5, 0.6) is 0 Å². The first-order valence-electron chi connectivity index (χ1n) is 18.1. The van der Waals surface area contributed by atoms with E-state index in [1.54, 1.807) is 6.92 Å². The number of ether oxygens (including phenoxy) is 2. The van der Waals surface area contributed by atoms with E-state index in [0.29, 0.717) is 18.7 Å². The fourth-order valence-electron chi connectivity index (χ4n) is 6.31. The van der Waals surface area contributed by atoms with Crippen molar-refractivity contribution in [1.29, 1.82) is 0 Å². The standard InChI is InChI=1S/C20H23ClFN3O2.C14H20N2O2.C5H3Cl2FN2/c1-13-18(22)17(25-19(21)23-13)11-15-8-5-9-16(10-15)24-20(26)27-12-14-6-3-2-4-7-14;15-12-7-4-8-13(9-12)16-14(17)18-10-11-5-2-1-3-6-11;1-2-3(8)4(6)10-5(7)9-2/h2-4,6-7,15-16H,5,8-12H2,1H3,(H,24,26);1-3,5-6,12-13H,4,7-10,15H2,(H,16,17);1H3/t15-,16+;12-,13+;/m00./s1. The molecule has 2 aliphatic rings. The van der Waals surface area contributed by atoms with Gasteiger partial charge in [0.2, 0.25) is 10.6 Å². The minimum Gasteiger partial charge on any atom is -0.445 e. The molecular weight excluding hydrogens is 775 g/mol. The SMILES string of the molecule is Cc1nc(Cl)nc(C[C@H]2CCC[C@@H](NC(=O)OCc3ccccc3)C2)c1F.Cc1nc(Cl)nc(Cl)c1F.N[C@H]1CCC[C@@H](NC(=O)OCc2ccccc2)C1. The van der Waals surface area contributed by atoms with Crippen molar-refractivity contribution in [2.45, 2.75) is 103 Å². The molecule has 4 atom stereocenters. The van der Waals surface area contributed by atoms with Gasteiger partial charge in [0.25, 0.3) is 0 Å². The molecule has 16 heteroatoms. The summed E-state index contributed by atoms with van der Waals surface area (Å²) in [5.41, 5.74) is 8.59. The second kappa shape index (κ2) is 22.4. The van der Waals surface area contributed by atoms with Crippen molar-refractivity contribution in [1.82, 2.24) is 30.6 Å². The highest BCUT2D eigenvalue weighted by Gasteiger charge is 2.26. The van der Waals surface area contributed by atoms with Crippen LogP contribution in [-0.2, 0) is 29.1 Å². The van der Waals surface area contributed by atoms with E-state index in [1.807, 2.05) is 60.7 Å². The molecule has 55 heavy (non-hydrogen) atoms. The van der Waals surface area contributed by atoms with Crippen molar-refractivity contribution in [2.75, 3.05) is 0 Å². The van der Waals surface area contributed by atoms with E-state index < -0.39 is 17.7 Å². The van der Waals surface area contributed by atoms with Crippen LogP contribution in [0.15, 0.2) is 60.7 Å². The first-order chi connectivity index (χ1) is 26.4. The molecule has 0 saturated heterocycles. The molecule has 2 amide bonds. The Kier molecular flexibility index (Phi) is 17.7. The Balaban J connectivity index is 0.000000205. The summed E-state index contributed by atoms with van der Waals surface area (Å²) in [7, 11) is 0. The fourth-order valence-corrected chi connectivity index (χ4v) is 7.01. The van der Waals surface area contributed by atoms with Gasteiger partial charge in [-0.1, -0.05) is 78.7 Å². The third-order valence-corrected chi connectivity index (χ3v) is 9.64. The van der Waals surface area contributed by atoms with E-state index in [1.165, 1.54) is 6.92 Å². The number of halogens is 5. The second-order valence-electron chi connectivity index (χ2n) is 13.5. The van der Waals surface area contributed by atoms with Crippen LogP contribution in [0.4, 0.5) is 18.4 Å². The first-order valence-corrected chi connectivity index (χ1v) is 19.2. The Hall–Kier alpha value is -4.17. The number of hydrogen-bond acceptors (Lipinski definition) is 9. The number of nitrogens with zero attached hydrogens (tertiary/aromatic N) is 4. The molecular formula is C39H46Cl3F2N7O4. The number of nitrogens with one attached hydrogen (secondary N) is 2. The summed E-state index contributed by atoms with van der Waals surface area (Å²) in [6, 6.07) is 19.6. The van der Waals surface area contributed by atoms with Crippen LogP contribution in [0.1, 0.15) is 79.6 Å². The van der Waals surface area contributed by atoms with E-state index in [2.05, 4.69) is 30.6 Å². The number of hydrogen-bond donors (Lipinski definition) is 3. The molecule has 2 aromatic heterocycles. The maximum absolute atomic E-state index is 14.2. The van der Waals surface area contributed by atoms with Gasteiger partial charge in [-0.15, -0.1) is 0 Å². The van der Waals surface area contributed by atoms with E-state index in [0.717, 1.165) is 62.5 Å². The molecule has 4 N–H and O–H groups in total. The summed E-state index contributed by atoms with van der Waals surface area (Å²) in [6.07, 6.45) is 7.28. The predicted octanol–water partition coefficient (Wildman–Crippen LogP) is 9.02. The van der Waals surface area contributed by atoms with Gasteiger partial charge >= 0.3 is 12.2 Å². The molecule has 2 aromatic carbocycles. The van der Waals surface area contributed by atoms with Gasteiger partial charge in [0.15, 0.2) is 16.8 Å². The molecule has 2 heterocycles.